The molecule has 5 heteroatoms. The normalized spacial score (nSPS) is 9.50. The van der Waals surface area contributed by atoms with Crippen molar-refractivity contribution in [1.29, 1.82) is 0 Å². The standard InChI is InChI=1S/C9H10N3O2/c1-2-12(9(13)14)8-5-3-7(11-10)4-6-8/h3-6H,2H2,1H3,(H,13,14). The minimum absolute atomic E-state index is 0.380. The molecule has 0 saturated heterocycles. The molecule has 1 rings (SSSR count). The van der Waals surface area contributed by atoms with Gasteiger partial charge in [-0.15, -0.1) is 5.11 Å². The van der Waals surface area contributed by atoms with Crippen LogP contribution in [0.2, 0.25) is 0 Å². The molecular formula is C9H10N3O2. The van der Waals surface area contributed by atoms with E-state index in [2.05, 4.69) is 5.11 Å². The number of benzene rings is 1. The molecule has 0 fully saturated rings. The highest BCUT2D eigenvalue weighted by molar-refractivity contribution is 5.86. The topological polar surface area (TPSA) is 75.2 Å². The largest absolute Gasteiger partial charge is 0.465 e. The van der Waals surface area contributed by atoms with E-state index in [9.17, 15) is 4.79 Å². The number of hydrogen-bond donors (Lipinski definition) is 1. The number of anilines is 1. The highest BCUT2D eigenvalue weighted by atomic mass is 16.4. The van der Waals surface area contributed by atoms with Crippen molar-refractivity contribution < 1.29 is 9.90 Å². The van der Waals surface area contributed by atoms with Crippen LogP contribution in [0.4, 0.5) is 16.2 Å². The summed E-state index contributed by atoms with van der Waals surface area (Å²) in [7, 11) is 0. The summed E-state index contributed by atoms with van der Waals surface area (Å²) in [5.74, 6) is 0. The van der Waals surface area contributed by atoms with Crippen LogP contribution in [0.15, 0.2) is 29.4 Å². The van der Waals surface area contributed by atoms with Gasteiger partial charge in [0.05, 0.1) is 5.69 Å². The van der Waals surface area contributed by atoms with E-state index in [-0.39, 0.29) is 0 Å². The van der Waals surface area contributed by atoms with Crippen LogP contribution in [-0.4, -0.2) is 17.7 Å². The van der Waals surface area contributed by atoms with Crippen LogP contribution in [0.1, 0.15) is 6.92 Å². The molecule has 1 N–H and O–H groups in total. The summed E-state index contributed by atoms with van der Waals surface area (Å²) in [6.07, 6.45) is -0.999. The molecule has 73 valence electrons. The Bertz CT molecular complexity index is 334. The molecule has 1 aromatic rings. The van der Waals surface area contributed by atoms with Crippen LogP contribution in [0.3, 0.4) is 0 Å². The maximum atomic E-state index is 10.7. The van der Waals surface area contributed by atoms with E-state index in [1.165, 1.54) is 4.90 Å². The number of carboxylic acid groups (broad SMARTS) is 1. The quantitative estimate of drug-likeness (QED) is 0.744. The van der Waals surface area contributed by atoms with Gasteiger partial charge in [-0.05, 0) is 36.7 Å². The zero-order valence-corrected chi connectivity index (χ0v) is 7.71. The van der Waals surface area contributed by atoms with Gasteiger partial charge in [0.25, 0.3) is 0 Å². The molecule has 0 unspecified atom stereocenters. The fraction of sp³-hybridized carbons (Fsp3) is 0.222. The Labute approximate surface area is 81.5 Å². The lowest BCUT2D eigenvalue weighted by Gasteiger charge is -2.16. The SMILES string of the molecule is CCN(C(=O)O)c1ccc(N=[N])cc1. The Morgan fingerprint density at radius 2 is 2.07 bits per heavy atom. The summed E-state index contributed by atoms with van der Waals surface area (Å²) in [4.78, 5) is 11.9. The van der Waals surface area contributed by atoms with Crippen LogP contribution in [0.5, 0.6) is 0 Å². The molecule has 0 atom stereocenters. The molecule has 1 amide bonds. The van der Waals surface area contributed by atoms with E-state index < -0.39 is 6.09 Å². The molecule has 0 heterocycles. The third-order valence-electron chi connectivity index (χ3n) is 1.82. The molecule has 0 aliphatic rings. The second-order valence-electron chi connectivity index (χ2n) is 2.64. The summed E-state index contributed by atoms with van der Waals surface area (Å²) in [5, 5.41) is 11.8. The predicted molar refractivity (Wildman–Crippen MR) is 51.7 cm³/mol. The molecule has 0 bridgehead atoms. The maximum Gasteiger partial charge on any atom is 0.411 e. The smallest absolute Gasteiger partial charge is 0.411 e. The predicted octanol–water partition coefficient (Wildman–Crippen LogP) is 2.07. The molecule has 0 spiro atoms. The molecule has 0 saturated carbocycles. The van der Waals surface area contributed by atoms with Gasteiger partial charge in [0.15, 0.2) is 0 Å². The molecule has 1 radical (unpaired) electrons. The van der Waals surface area contributed by atoms with Gasteiger partial charge in [-0.25, -0.2) is 4.79 Å². The molecule has 1 aromatic carbocycles. The van der Waals surface area contributed by atoms with Gasteiger partial charge in [0, 0.05) is 12.2 Å². The minimum Gasteiger partial charge on any atom is -0.465 e. The monoisotopic (exact) mass is 192 g/mol. The van der Waals surface area contributed by atoms with Crippen molar-refractivity contribution in [3.63, 3.8) is 0 Å². The number of amides is 1. The zero-order chi connectivity index (χ0) is 10.6. The van der Waals surface area contributed by atoms with Crippen molar-refractivity contribution in [1.82, 2.24) is 5.53 Å². The average Bonchev–Trinajstić information content (AvgIpc) is 2.19. The first-order chi connectivity index (χ1) is 6.69. The van der Waals surface area contributed by atoms with Crippen LogP contribution in [0, 0.1) is 0 Å². The summed E-state index contributed by atoms with van der Waals surface area (Å²) in [6, 6.07) is 6.27. The molecule has 0 aliphatic heterocycles. The number of nitrogens with zero attached hydrogens (tertiary/aromatic N) is 3. The van der Waals surface area contributed by atoms with Gasteiger partial charge in [-0.2, -0.15) is 0 Å². The average molecular weight is 192 g/mol. The van der Waals surface area contributed by atoms with Gasteiger partial charge in [-0.1, -0.05) is 0 Å². The van der Waals surface area contributed by atoms with Crippen LogP contribution < -0.4 is 10.4 Å². The Morgan fingerprint density at radius 3 is 2.43 bits per heavy atom. The van der Waals surface area contributed by atoms with Crippen molar-refractivity contribution in [2.24, 2.45) is 5.11 Å². The highest BCUT2D eigenvalue weighted by Crippen LogP contribution is 2.19. The van der Waals surface area contributed by atoms with Crippen molar-refractivity contribution in [3.8, 4) is 0 Å². The maximum absolute atomic E-state index is 10.7. The summed E-state index contributed by atoms with van der Waals surface area (Å²) < 4.78 is 0. The third-order valence-corrected chi connectivity index (χ3v) is 1.82. The molecular weight excluding hydrogens is 182 g/mol. The van der Waals surface area contributed by atoms with E-state index >= 15 is 0 Å². The van der Waals surface area contributed by atoms with Crippen LogP contribution >= 0.6 is 0 Å². The molecule has 5 nitrogen and oxygen atoms in total. The van der Waals surface area contributed by atoms with E-state index in [1.807, 2.05) is 0 Å². The van der Waals surface area contributed by atoms with Gasteiger partial charge in [0.1, 0.15) is 0 Å². The molecule has 0 aromatic heterocycles. The van der Waals surface area contributed by atoms with Crippen molar-refractivity contribution in [2.75, 3.05) is 11.4 Å². The van der Waals surface area contributed by atoms with E-state index in [4.69, 9.17) is 10.6 Å². The van der Waals surface area contributed by atoms with Gasteiger partial charge in [-0.3, -0.25) is 4.90 Å². The second kappa shape index (κ2) is 4.36. The fourth-order valence-corrected chi connectivity index (χ4v) is 1.13. The lowest BCUT2D eigenvalue weighted by atomic mass is 10.2. The van der Waals surface area contributed by atoms with E-state index in [0.717, 1.165) is 0 Å². The lowest BCUT2D eigenvalue weighted by Crippen LogP contribution is -2.28. The zero-order valence-electron chi connectivity index (χ0n) is 7.71. The van der Waals surface area contributed by atoms with Gasteiger partial charge < -0.3 is 5.11 Å². The van der Waals surface area contributed by atoms with Gasteiger partial charge >= 0.3 is 6.09 Å². The number of hydrogen-bond acceptors (Lipinski definition) is 2. The molecule has 14 heavy (non-hydrogen) atoms. The lowest BCUT2D eigenvalue weighted by molar-refractivity contribution is 0.202. The highest BCUT2D eigenvalue weighted by Gasteiger charge is 2.10. The van der Waals surface area contributed by atoms with Crippen molar-refractivity contribution in [3.05, 3.63) is 24.3 Å². The Hall–Kier alpha value is -1.91. The van der Waals surface area contributed by atoms with E-state index in [1.54, 1.807) is 31.2 Å². The summed E-state index contributed by atoms with van der Waals surface area (Å²) >= 11 is 0. The third kappa shape index (κ3) is 2.07. The van der Waals surface area contributed by atoms with E-state index in [0.29, 0.717) is 17.9 Å². The van der Waals surface area contributed by atoms with Gasteiger partial charge in [0.2, 0.25) is 0 Å². The Balaban J connectivity index is 2.94. The first-order valence-electron chi connectivity index (χ1n) is 4.14. The van der Waals surface area contributed by atoms with Crippen molar-refractivity contribution in [2.45, 2.75) is 6.92 Å². The summed E-state index contributed by atoms with van der Waals surface area (Å²) in [5.41, 5.74) is 9.39. The second-order valence-corrected chi connectivity index (χ2v) is 2.64. The Morgan fingerprint density at radius 1 is 1.50 bits per heavy atom. The summed E-state index contributed by atoms with van der Waals surface area (Å²) in [6.45, 7) is 2.13. The minimum atomic E-state index is -0.999. The van der Waals surface area contributed by atoms with Crippen LogP contribution in [-0.2, 0) is 0 Å². The first-order valence-corrected chi connectivity index (χ1v) is 4.14. The first kappa shape index (κ1) is 10.2. The van der Waals surface area contributed by atoms with Crippen molar-refractivity contribution >= 4 is 17.5 Å². The number of carbonyl (C=O) groups is 1. The molecule has 0 aliphatic carbocycles. The fourth-order valence-electron chi connectivity index (χ4n) is 1.13. The number of rotatable bonds is 3. The van der Waals surface area contributed by atoms with Crippen LogP contribution in [0.25, 0.3) is 0 Å². The Kier molecular flexibility index (Phi) is 3.17.